The van der Waals surface area contributed by atoms with Gasteiger partial charge in [0.1, 0.15) is 6.04 Å². The molecule has 0 spiro atoms. The number of carbonyl (C=O) groups excluding carboxylic acids is 1. The smallest absolute Gasteiger partial charge is 0.326 e. The topological polar surface area (TPSA) is 75.6 Å². The second-order valence-electron chi connectivity index (χ2n) is 4.78. The number of ether oxygens (including phenoxy) is 1. The first-order chi connectivity index (χ1) is 9.09. The lowest BCUT2D eigenvalue weighted by Crippen LogP contribution is -2.38. The van der Waals surface area contributed by atoms with Gasteiger partial charge in [0.25, 0.3) is 0 Å². The summed E-state index contributed by atoms with van der Waals surface area (Å²) in [6, 6.07) is 8.79. The molecule has 1 saturated heterocycles. The lowest BCUT2D eigenvalue weighted by molar-refractivity contribution is -0.141. The van der Waals surface area contributed by atoms with Crippen LogP contribution in [0.4, 0.5) is 0 Å². The van der Waals surface area contributed by atoms with Gasteiger partial charge in [-0.25, -0.2) is 4.79 Å². The predicted molar refractivity (Wildman–Crippen MR) is 68.3 cm³/mol. The lowest BCUT2D eigenvalue weighted by Gasteiger charge is -2.17. The van der Waals surface area contributed by atoms with Gasteiger partial charge in [-0.3, -0.25) is 4.79 Å². The Morgan fingerprint density at radius 3 is 2.68 bits per heavy atom. The van der Waals surface area contributed by atoms with Gasteiger partial charge in [-0.2, -0.15) is 0 Å². The minimum absolute atomic E-state index is 0.222. The van der Waals surface area contributed by atoms with E-state index in [1.807, 2.05) is 30.3 Å². The molecule has 0 bridgehead atoms. The fourth-order valence-electron chi connectivity index (χ4n) is 2.25. The van der Waals surface area contributed by atoms with Crippen LogP contribution >= 0.6 is 0 Å². The molecule has 3 atom stereocenters. The minimum atomic E-state index is -1.01. The van der Waals surface area contributed by atoms with Crippen LogP contribution in [0.3, 0.4) is 0 Å². The number of rotatable bonds is 5. The molecule has 0 aliphatic carbocycles. The van der Waals surface area contributed by atoms with Crippen molar-refractivity contribution in [2.75, 3.05) is 6.61 Å². The SMILES string of the molecule is C[C@H]1C(=O)N[C@H](C(=O)O)[C@H]1COCc1ccccc1. The predicted octanol–water partition coefficient (Wildman–Crippen LogP) is 1.04. The van der Waals surface area contributed by atoms with Gasteiger partial charge >= 0.3 is 5.97 Å². The molecule has 1 aromatic carbocycles. The van der Waals surface area contributed by atoms with Crippen molar-refractivity contribution in [3.8, 4) is 0 Å². The van der Waals surface area contributed by atoms with Gasteiger partial charge in [-0.15, -0.1) is 0 Å². The van der Waals surface area contributed by atoms with Crippen LogP contribution in [0.15, 0.2) is 30.3 Å². The van der Waals surface area contributed by atoms with Crippen molar-refractivity contribution in [1.82, 2.24) is 5.32 Å². The number of carbonyl (C=O) groups is 2. The van der Waals surface area contributed by atoms with Crippen molar-refractivity contribution in [2.24, 2.45) is 11.8 Å². The van der Waals surface area contributed by atoms with Crippen LogP contribution in [0, 0.1) is 11.8 Å². The van der Waals surface area contributed by atoms with E-state index in [0.29, 0.717) is 6.61 Å². The molecule has 19 heavy (non-hydrogen) atoms. The Morgan fingerprint density at radius 2 is 2.05 bits per heavy atom. The highest BCUT2D eigenvalue weighted by Crippen LogP contribution is 2.24. The maximum absolute atomic E-state index is 11.5. The van der Waals surface area contributed by atoms with Crippen molar-refractivity contribution < 1.29 is 19.4 Å². The van der Waals surface area contributed by atoms with Crippen LogP contribution in [-0.4, -0.2) is 29.6 Å². The summed E-state index contributed by atoms with van der Waals surface area (Å²) in [6.45, 7) is 2.41. The molecule has 1 heterocycles. The van der Waals surface area contributed by atoms with Crippen LogP contribution in [0.25, 0.3) is 0 Å². The summed E-state index contributed by atoms with van der Waals surface area (Å²) in [7, 11) is 0. The van der Waals surface area contributed by atoms with Crippen LogP contribution in [0.5, 0.6) is 0 Å². The average Bonchev–Trinajstić information content (AvgIpc) is 2.68. The van der Waals surface area contributed by atoms with Gasteiger partial charge in [0.05, 0.1) is 13.2 Å². The molecule has 0 saturated carbocycles. The molecular weight excluding hydrogens is 246 g/mol. The zero-order valence-corrected chi connectivity index (χ0v) is 10.7. The maximum Gasteiger partial charge on any atom is 0.326 e. The van der Waals surface area contributed by atoms with E-state index in [1.54, 1.807) is 6.92 Å². The summed E-state index contributed by atoms with van der Waals surface area (Å²) in [5.41, 5.74) is 1.03. The summed E-state index contributed by atoms with van der Waals surface area (Å²) in [5.74, 6) is -1.89. The van der Waals surface area contributed by atoms with Crippen molar-refractivity contribution in [3.05, 3.63) is 35.9 Å². The number of benzene rings is 1. The summed E-state index contributed by atoms with van der Waals surface area (Å²) < 4.78 is 5.55. The fourth-order valence-corrected chi connectivity index (χ4v) is 2.25. The highest BCUT2D eigenvalue weighted by atomic mass is 16.5. The Balaban J connectivity index is 1.90. The molecular formula is C14H17NO4. The van der Waals surface area contributed by atoms with Crippen LogP contribution in [-0.2, 0) is 20.9 Å². The zero-order chi connectivity index (χ0) is 13.8. The molecule has 1 aromatic rings. The fraction of sp³-hybridized carbons (Fsp3) is 0.429. The highest BCUT2D eigenvalue weighted by molar-refractivity contribution is 5.89. The molecule has 1 amide bonds. The Hall–Kier alpha value is -1.88. The monoisotopic (exact) mass is 263 g/mol. The van der Waals surface area contributed by atoms with Crippen molar-refractivity contribution in [3.63, 3.8) is 0 Å². The van der Waals surface area contributed by atoms with E-state index in [0.717, 1.165) is 5.56 Å². The number of nitrogens with one attached hydrogen (secondary N) is 1. The third-order valence-corrected chi connectivity index (χ3v) is 3.47. The van der Waals surface area contributed by atoms with Gasteiger partial charge in [-0.05, 0) is 5.56 Å². The molecule has 2 N–H and O–H groups in total. The molecule has 0 unspecified atom stereocenters. The Labute approximate surface area is 111 Å². The third-order valence-electron chi connectivity index (χ3n) is 3.47. The number of hydrogen-bond acceptors (Lipinski definition) is 3. The average molecular weight is 263 g/mol. The van der Waals surface area contributed by atoms with E-state index in [1.165, 1.54) is 0 Å². The summed E-state index contributed by atoms with van der Waals surface area (Å²) >= 11 is 0. The largest absolute Gasteiger partial charge is 0.480 e. The van der Waals surface area contributed by atoms with Gasteiger partial charge in [0.2, 0.25) is 5.91 Å². The zero-order valence-electron chi connectivity index (χ0n) is 10.7. The van der Waals surface area contributed by atoms with Crippen LogP contribution in [0.2, 0.25) is 0 Å². The van der Waals surface area contributed by atoms with Gasteiger partial charge in [0.15, 0.2) is 0 Å². The Morgan fingerprint density at radius 1 is 1.37 bits per heavy atom. The summed E-state index contributed by atoms with van der Waals surface area (Å²) in [6.07, 6.45) is 0. The van der Waals surface area contributed by atoms with Crippen LogP contribution < -0.4 is 5.32 Å². The van der Waals surface area contributed by atoms with Crippen molar-refractivity contribution in [1.29, 1.82) is 0 Å². The molecule has 1 aliphatic rings. The van der Waals surface area contributed by atoms with Crippen molar-refractivity contribution in [2.45, 2.75) is 19.6 Å². The van der Waals surface area contributed by atoms with E-state index in [-0.39, 0.29) is 24.3 Å². The number of carboxylic acid groups (broad SMARTS) is 1. The first-order valence-electron chi connectivity index (χ1n) is 6.24. The van der Waals surface area contributed by atoms with Gasteiger partial charge < -0.3 is 15.2 Å². The summed E-state index contributed by atoms with van der Waals surface area (Å²) in [4.78, 5) is 22.6. The second kappa shape index (κ2) is 5.84. The molecule has 1 fully saturated rings. The van der Waals surface area contributed by atoms with Crippen LogP contribution in [0.1, 0.15) is 12.5 Å². The number of carboxylic acids is 1. The number of amides is 1. The van der Waals surface area contributed by atoms with E-state index >= 15 is 0 Å². The van der Waals surface area contributed by atoms with Crippen molar-refractivity contribution >= 4 is 11.9 Å². The lowest BCUT2D eigenvalue weighted by atomic mass is 9.92. The standard InChI is InChI=1S/C14H17NO4/c1-9-11(12(14(17)18)15-13(9)16)8-19-7-10-5-3-2-4-6-10/h2-6,9,11-12H,7-8H2,1H3,(H,15,16)(H,17,18)/t9-,11+,12+/m1/s1. The molecule has 102 valence electrons. The van der Waals surface area contributed by atoms with E-state index in [9.17, 15) is 9.59 Å². The van der Waals surface area contributed by atoms with Gasteiger partial charge in [0, 0.05) is 11.8 Å². The summed E-state index contributed by atoms with van der Waals surface area (Å²) in [5, 5.41) is 11.5. The quantitative estimate of drug-likeness (QED) is 0.832. The van der Waals surface area contributed by atoms with E-state index in [2.05, 4.69) is 5.32 Å². The Kier molecular flexibility index (Phi) is 4.16. The molecule has 5 heteroatoms. The van der Waals surface area contributed by atoms with E-state index in [4.69, 9.17) is 9.84 Å². The van der Waals surface area contributed by atoms with E-state index < -0.39 is 12.0 Å². The number of hydrogen-bond donors (Lipinski definition) is 2. The van der Waals surface area contributed by atoms with Gasteiger partial charge in [-0.1, -0.05) is 37.3 Å². The molecule has 2 rings (SSSR count). The highest BCUT2D eigenvalue weighted by Gasteiger charge is 2.43. The molecule has 0 aromatic heterocycles. The first kappa shape index (κ1) is 13.5. The third kappa shape index (κ3) is 3.12. The second-order valence-corrected chi connectivity index (χ2v) is 4.78. The molecule has 0 radical (unpaired) electrons. The maximum atomic E-state index is 11.5. The molecule has 1 aliphatic heterocycles. The normalized spacial score (nSPS) is 26.2. The number of aliphatic carboxylic acids is 1. The molecule has 5 nitrogen and oxygen atoms in total. The first-order valence-corrected chi connectivity index (χ1v) is 6.24. The Bertz CT molecular complexity index is 460. The minimum Gasteiger partial charge on any atom is -0.480 e.